The monoisotopic (exact) mass is 778 g/mol. The third-order valence-corrected chi connectivity index (χ3v) is 9.61. The molecule has 2 aromatic carbocycles. The molecule has 0 amide bonds. The zero-order chi connectivity index (χ0) is 35.8. The standard InChI is InChI=1S/C45H62N4.2CH3.Zr/c1-28(2)34-24-36(30(5)6)44(37(25-34)31(7)8)40-18-16-20-42(48-40)46-22-14-13-15-23-47-43-21-17-19-41(49-43)45-38(32(9)10)26-35(29(3)4)27-39(45)33(11)12;;;/h16-21,24-33H,13-15,22-23H2,1-12H3;2*1H3;/q-2;2*-1;+4. The molecule has 0 saturated heterocycles. The van der Waals surface area contributed by atoms with E-state index in [0.717, 1.165) is 55.4 Å². The summed E-state index contributed by atoms with van der Waals surface area (Å²) in [7, 11) is 0. The Bertz CT molecular complexity index is 1490. The van der Waals surface area contributed by atoms with Crippen LogP contribution in [-0.4, -0.2) is 23.1 Å². The van der Waals surface area contributed by atoms with Crippen molar-refractivity contribution in [3.05, 3.63) is 120 Å². The summed E-state index contributed by atoms with van der Waals surface area (Å²) in [5.74, 6) is 4.32. The van der Waals surface area contributed by atoms with Crippen molar-refractivity contribution in [2.75, 3.05) is 13.1 Å². The van der Waals surface area contributed by atoms with Crippen LogP contribution >= 0.6 is 0 Å². The van der Waals surface area contributed by atoms with Gasteiger partial charge in [-0.15, -0.1) is 0 Å². The van der Waals surface area contributed by atoms with Gasteiger partial charge in [0, 0.05) is 0 Å². The Labute approximate surface area is 339 Å². The summed E-state index contributed by atoms with van der Waals surface area (Å²) < 4.78 is 0. The second kappa shape index (κ2) is 21.8. The SMILES string of the molecule is CC(C)c1cc(C(C)C)c(-c2cccc([N-]CCCCC[N-]c3cccc(-c4c(C(C)C)cc(C(C)C)cc4C(C)C)n3)n2)c(C(C)C)c1.[CH3-].[CH3-].[Zr+4]. The third-order valence-electron chi connectivity index (χ3n) is 9.61. The van der Waals surface area contributed by atoms with Crippen molar-refractivity contribution in [2.45, 2.75) is 138 Å². The van der Waals surface area contributed by atoms with Gasteiger partial charge in [-0.1, -0.05) is 188 Å². The Morgan fingerprint density at radius 3 is 1.02 bits per heavy atom. The van der Waals surface area contributed by atoms with Crippen molar-refractivity contribution in [2.24, 2.45) is 0 Å². The Kier molecular flexibility index (Phi) is 19.8. The van der Waals surface area contributed by atoms with E-state index in [1.54, 1.807) is 0 Å². The predicted octanol–water partition coefficient (Wildman–Crippen LogP) is 15.3. The van der Waals surface area contributed by atoms with E-state index in [2.05, 4.69) is 132 Å². The van der Waals surface area contributed by atoms with Gasteiger partial charge >= 0.3 is 26.2 Å². The van der Waals surface area contributed by atoms with E-state index >= 15 is 0 Å². The zero-order valence-corrected chi connectivity index (χ0v) is 37.5. The average Bonchev–Trinajstić information content (AvgIpc) is 3.06. The van der Waals surface area contributed by atoms with Gasteiger partial charge in [0.25, 0.3) is 0 Å². The second-order valence-corrected chi connectivity index (χ2v) is 15.7. The van der Waals surface area contributed by atoms with Crippen molar-refractivity contribution in [3.63, 3.8) is 0 Å². The van der Waals surface area contributed by atoms with Gasteiger partial charge in [-0.25, -0.2) is 0 Å². The van der Waals surface area contributed by atoms with Crippen LogP contribution in [0.5, 0.6) is 0 Å². The van der Waals surface area contributed by atoms with Crippen LogP contribution in [-0.2, 0) is 26.2 Å². The van der Waals surface area contributed by atoms with E-state index in [9.17, 15) is 0 Å². The molecule has 0 aliphatic heterocycles. The number of unbranched alkanes of at least 4 members (excludes halogenated alkanes) is 2. The van der Waals surface area contributed by atoms with E-state index in [1.165, 1.54) is 44.5 Å². The Balaban J connectivity index is 0.00000451. The molecule has 0 atom stereocenters. The van der Waals surface area contributed by atoms with Crippen LogP contribution in [0, 0.1) is 14.9 Å². The van der Waals surface area contributed by atoms with Crippen LogP contribution in [0.1, 0.15) is 171 Å². The molecule has 0 aliphatic carbocycles. The van der Waals surface area contributed by atoms with Gasteiger partial charge in [-0.05, 0) is 91.4 Å². The van der Waals surface area contributed by atoms with Gasteiger partial charge < -0.3 is 35.5 Å². The fourth-order valence-corrected chi connectivity index (χ4v) is 6.59. The molecule has 280 valence electrons. The number of aromatic nitrogens is 2. The molecule has 5 heteroatoms. The van der Waals surface area contributed by atoms with Gasteiger partial charge in [-0.3, -0.25) is 0 Å². The van der Waals surface area contributed by atoms with Gasteiger partial charge in [-0.2, -0.15) is 0 Å². The van der Waals surface area contributed by atoms with Crippen LogP contribution in [0.4, 0.5) is 11.6 Å². The third kappa shape index (κ3) is 12.1. The molecule has 0 bridgehead atoms. The van der Waals surface area contributed by atoms with Crippen LogP contribution < -0.4 is 0 Å². The summed E-state index contributed by atoms with van der Waals surface area (Å²) >= 11 is 0. The number of hydrogen-bond donors (Lipinski definition) is 0. The topological polar surface area (TPSA) is 54.0 Å². The first-order valence-corrected chi connectivity index (χ1v) is 18.9. The number of rotatable bonds is 16. The van der Waals surface area contributed by atoms with Crippen molar-refractivity contribution in [3.8, 4) is 22.5 Å². The molecular formula is C47H68N4Zr. The normalized spacial score (nSPS) is 11.3. The van der Waals surface area contributed by atoms with E-state index < -0.39 is 0 Å². The summed E-state index contributed by atoms with van der Waals surface area (Å²) in [6.45, 7) is 29.0. The summed E-state index contributed by atoms with van der Waals surface area (Å²) in [4.78, 5) is 10.1. The molecule has 0 spiro atoms. The van der Waals surface area contributed by atoms with Crippen LogP contribution in [0.2, 0.25) is 0 Å². The average molecular weight is 780 g/mol. The van der Waals surface area contributed by atoms with E-state index in [1.807, 2.05) is 12.1 Å². The Morgan fingerprint density at radius 2 is 0.750 bits per heavy atom. The van der Waals surface area contributed by atoms with E-state index in [4.69, 9.17) is 20.6 Å². The first-order chi connectivity index (χ1) is 23.3. The molecule has 0 unspecified atom stereocenters. The fourth-order valence-electron chi connectivity index (χ4n) is 6.59. The molecule has 52 heavy (non-hydrogen) atoms. The van der Waals surface area contributed by atoms with Crippen LogP contribution in [0.3, 0.4) is 0 Å². The molecule has 4 rings (SSSR count). The number of benzene rings is 2. The van der Waals surface area contributed by atoms with Crippen molar-refractivity contribution >= 4 is 11.6 Å². The number of pyridine rings is 2. The largest absolute Gasteiger partial charge is 4.00 e. The van der Waals surface area contributed by atoms with Crippen LogP contribution in [0.25, 0.3) is 33.1 Å². The maximum atomic E-state index is 5.06. The maximum absolute atomic E-state index is 5.06. The molecule has 2 heterocycles. The van der Waals surface area contributed by atoms with Crippen molar-refractivity contribution in [1.82, 2.24) is 9.97 Å². The molecule has 4 nitrogen and oxygen atoms in total. The smallest absolute Gasteiger partial charge is 0.466 e. The molecule has 0 aliphatic rings. The van der Waals surface area contributed by atoms with Gasteiger partial charge in [0.2, 0.25) is 0 Å². The Morgan fingerprint density at radius 1 is 0.442 bits per heavy atom. The molecule has 0 radical (unpaired) electrons. The Hall–Kier alpha value is -2.78. The zero-order valence-electron chi connectivity index (χ0n) is 35.1. The first-order valence-electron chi connectivity index (χ1n) is 18.9. The molecule has 0 fully saturated rings. The van der Waals surface area contributed by atoms with E-state index in [-0.39, 0.29) is 41.1 Å². The van der Waals surface area contributed by atoms with Crippen LogP contribution in [0.15, 0.2) is 60.7 Å². The summed E-state index contributed by atoms with van der Waals surface area (Å²) in [5.41, 5.74) is 13.0. The summed E-state index contributed by atoms with van der Waals surface area (Å²) in [5, 5.41) is 9.79. The minimum absolute atomic E-state index is 0. The minimum atomic E-state index is 0. The van der Waals surface area contributed by atoms with Gasteiger partial charge in [0.05, 0.1) is 0 Å². The van der Waals surface area contributed by atoms with Gasteiger partial charge in [0.1, 0.15) is 0 Å². The molecule has 4 aromatic rings. The summed E-state index contributed by atoms with van der Waals surface area (Å²) in [6.07, 6.45) is 3.11. The molecular weight excluding hydrogens is 712 g/mol. The first kappa shape index (κ1) is 47.2. The minimum Gasteiger partial charge on any atom is -0.466 e. The molecule has 0 N–H and O–H groups in total. The number of hydrogen-bond acceptors (Lipinski definition) is 2. The van der Waals surface area contributed by atoms with Crippen molar-refractivity contribution in [1.29, 1.82) is 0 Å². The fraction of sp³-hybridized carbons (Fsp3) is 0.489. The second-order valence-electron chi connectivity index (χ2n) is 15.7. The molecule has 2 aromatic heterocycles. The van der Waals surface area contributed by atoms with Crippen molar-refractivity contribution < 1.29 is 26.2 Å². The van der Waals surface area contributed by atoms with E-state index in [0.29, 0.717) is 35.5 Å². The van der Waals surface area contributed by atoms with Gasteiger partial charge in [0.15, 0.2) is 0 Å². The quantitative estimate of drug-likeness (QED) is 0.0840. The number of nitrogens with zero attached hydrogens (tertiary/aromatic N) is 4. The maximum Gasteiger partial charge on any atom is 4.00 e. The molecule has 0 saturated carbocycles. The summed E-state index contributed by atoms with van der Waals surface area (Å²) in [6, 6.07) is 22.2. The predicted molar refractivity (Wildman–Crippen MR) is 226 cm³/mol.